The van der Waals surface area contributed by atoms with Gasteiger partial charge in [-0.25, -0.2) is 0 Å². The van der Waals surface area contributed by atoms with E-state index >= 15 is 0 Å². The molecule has 1 aromatic rings. The van der Waals surface area contributed by atoms with Crippen molar-refractivity contribution >= 4 is 5.69 Å². The van der Waals surface area contributed by atoms with Crippen LogP contribution in [0.3, 0.4) is 0 Å². The van der Waals surface area contributed by atoms with Gasteiger partial charge in [0.2, 0.25) is 0 Å². The molecular weight excluding hydrogens is 164 g/mol. The van der Waals surface area contributed by atoms with E-state index in [1.807, 2.05) is 24.3 Å². The largest absolute Gasteiger partial charge is 0.388 e. The van der Waals surface area contributed by atoms with Gasteiger partial charge in [-0.05, 0) is 12.6 Å². The molecule has 13 heavy (non-hydrogen) atoms. The van der Waals surface area contributed by atoms with Crippen molar-refractivity contribution in [2.45, 2.75) is 6.10 Å². The number of aliphatic hydroxyl groups excluding tert-OH is 1. The summed E-state index contributed by atoms with van der Waals surface area (Å²) in [4.78, 5) is 0. The monoisotopic (exact) mass is 178 g/mol. The van der Waals surface area contributed by atoms with E-state index in [2.05, 4.69) is 5.32 Å². The molecule has 0 bridgehead atoms. The summed E-state index contributed by atoms with van der Waals surface area (Å²) in [6, 6.07) is 7.81. The van der Waals surface area contributed by atoms with Crippen molar-refractivity contribution in [3.05, 3.63) is 29.8 Å². The number of anilines is 1. The fraction of sp³-hybridized carbons (Fsp3) is 0.400. The van der Waals surface area contributed by atoms with Gasteiger partial charge >= 0.3 is 0 Å². The zero-order valence-corrected chi connectivity index (χ0v) is 7.40. The lowest BCUT2D eigenvalue weighted by Crippen LogP contribution is -2.33. The van der Waals surface area contributed by atoms with Crippen molar-refractivity contribution in [3.8, 4) is 0 Å². The first kappa shape index (κ1) is 8.53. The number of nitrogens with one attached hydrogen (secondary N) is 1. The average Bonchev–Trinajstić information content (AvgIpc) is 2.19. The molecule has 2 atom stereocenters. The summed E-state index contributed by atoms with van der Waals surface area (Å²) in [5.74, 6) is 0.134. The molecule has 0 amide bonds. The van der Waals surface area contributed by atoms with Crippen LogP contribution in [-0.4, -0.2) is 18.2 Å². The van der Waals surface area contributed by atoms with Gasteiger partial charge in [0.15, 0.2) is 0 Å². The molecule has 70 valence electrons. The fourth-order valence-corrected chi connectivity index (χ4v) is 1.73. The Labute approximate surface area is 77.6 Å². The summed E-state index contributed by atoms with van der Waals surface area (Å²) in [6.45, 7) is 1.27. The van der Waals surface area contributed by atoms with Crippen molar-refractivity contribution < 1.29 is 5.11 Å². The predicted octanol–water partition coefficient (Wildman–Crippen LogP) is 0.720. The SMILES string of the molecule is NC[C@H]1CNc2ccccc2[C@@H]1O. The van der Waals surface area contributed by atoms with Crippen LogP contribution in [0.25, 0.3) is 0 Å². The van der Waals surface area contributed by atoms with E-state index < -0.39 is 6.10 Å². The predicted molar refractivity (Wildman–Crippen MR) is 52.4 cm³/mol. The third kappa shape index (κ3) is 1.41. The van der Waals surface area contributed by atoms with Crippen LogP contribution >= 0.6 is 0 Å². The Morgan fingerprint density at radius 1 is 1.46 bits per heavy atom. The fourth-order valence-electron chi connectivity index (χ4n) is 1.73. The minimum atomic E-state index is -0.414. The number of benzene rings is 1. The third-order valence-corrected chi connectivity index (χ3v) is 2.58. The first-order valence-corrected chi connectivity index (χ1v) is 4.54. The molecule has 0 saturated carbocycles. The van der Waals surface area contributed by atoms with E-state index in [4.69, 9.17) is 5.73 Å². The van der Waals surface area contributed by atoms with E-state index in [0.29, 0.717) is 6.54 Å². The molecule has 0 spiro atoms. The minimum Gasteiger partial charge on any atom is -0.388 e. The summed E-state index contributed by atoms with van der Waals surface area (Å²) in [5.41, 5.74) is 7.54. The lowest BCUT2D eigenvalue weighted by atomic mass is 9.91. The van der Waals surface area contributed by atoms with Gasteiger partial charge in [0.25, 0.3) is 0 Å². The summed E-state index contributed by atoms with van der Waals surface area (Å²) >= 11 is 0. The number of nitrogens with two attached hydrogens (primary N) is 1. The van der Waals surface area contributed by atoms with Gasteiger partial charge in [-0.1, -0.05) is 18.2 Å². The Balaban J connectivity index is 2.33. The number of hydrogen-bond acceptors (Lipinski definition) is 3. The maximum atomic E-state index is 9.90. The van der Waals surface area contributed by atoms with Crippen LogP contribution in [0.2, 0.25) is 0 Å². The molecule has 1 heterocycles. The first-order chi connectivity index (χ1) is 6.33. The molecule has 0 aromatic heterocycles. The highest BCUT2D eigenvalue weighted by Crippen LogP contribution is 2.32. The molecule has 1 aliphatic rings. The topological polar surface area (TPSA) is 58.3 Å². The molecule has 0 unspecified atom stereocenters. The highest BCUT2D eigenvalue weighted by atomic mass is 16.3. The summed E-state index contributed by atoms with van der Waals surface area (Å²) in [5, 5.41) is 13.2. The molecule has 3 heteroatoms. The highest BCUT2D eigenvalue weighted by Gasteiger charge is 2.25. The summed E-state index contributed by atoms with van der Waals surface area (Å²) < 4.78 is 0. The smallest absolute Gasteiger partial charge is 0.0867 e. The Hall–Kier alpha value is -1.06. The number of hydrogen-bond donors (Lipinski definition) is 3. The Morgan fingerprint density at radius 2 is 2.23 bits per heavy atom. The van der Waals surface area contributed by atoms with Crippen LogP contribution in [0.5, 0.6) is 0 Å². The number of aliphatic hydroxyl groups is 1. The number of rotatable bonds is 1. The molecule has 0 fully saturated rings. The van der Waals surface area contributed by atoms with Gasteiger partial charge < -0.3 is 16.2 Å². The average molecular weight is 178 g/mol. The Morgan fingerprint density at radius 3 is 3.00 bits per heavy atom. The third-order valence-electron chi connectivity index (χ3n) is 2.58. The van der Waals surface area contributed by atoms with E-state index in [9.17, 15) is 5.11 Å². The van der Waals surface area contributed by atoms with Gasteiger partial charge in [-0.3, -0.25) is 0 Å². The van der Waals surface area contributed by atoms with Crippen LogP contribution in [0.15, 0.2) is 24.3 Å². The lowest BCUT2D eigenvalue weighted by molar-refractivity contribution is 0.114. The van der Waals surface area contributed by atoms with Crippen LogP contribution in [0.4, 0.5) is 5.69 Å². The van der Waals surface area contributed by atoms with Gasteiger partial charge in [0.05, 0.1) is 6.10 Å². The standard InChI is InChI=1S/C10H14N2O/c11-5-7-6-12-9-4-2-1-3-8(9)10(7)13/h1-4,7,10,12-13H,5-6,11H2/t7-,10+/m0/s1. The first-order valence-electron chi connectivity index (χ1n) is 4.54. The molecule has 1 aliphatic heterocycles. The molecule has 0 aliphatic carbocycles. The van der Waals surface area contributed by atoms with Crippen molar-refractivity contribution in [2.75, 3.05) is 18.4 Å². The summed E-state index contributed by atoms with van der Waals surface area (Å²) in [7, 11) is 0. The van der Waals surface area contributed by atoms with E-state index in [-0.39, 0.29) is 5.92 Å². The normalized spacial score (nSPS) is 26.3. The Kier molecular flexibility index (Phi) is 2.20. The van der Waals surface area contributed by atoms with E-state index in [1.54, 1.807) is 0 Å². The maximum absolute atomic E-state index is 9.90. The van der Waals surface area contributed by atoms with Gasteiger partial charge in [-0.15, -0.1) is 0 Å². The number of para-hydroxylation sites is 1. The molecule has 0 saturated heterocycles. The molecule has 3 nitrogen and oxygen atoms in total. The lowest BCUT2D eigenvalue weighted by Gasteiger charge is -2.30. The van der Waals surface area contributed by atoms with Crippen molar-refractivity contribution in [3.63, 3.8) is 0 Å². The molecule has 0 radical (unpaired) electrons. The van der Waals surface area contributed by atoms with Crippen molar-refractivity contribution in [1.29, 1.82) is 0 Å². The zero-order valence-electron chi connectivity index (χ0n) is 7.40. The molecule has 1 aromatic carbocycles. The summed E-state index contributed by atoms with van der Waals surface area (Å²) in [6.07, 6.45) is -0.414. The van der Waals surface area contributed by atoms with Crippen molar-refractivity contribution in [2.24, 2.45) is 11.7 Å². The van der Waals surface area contributed by atoms with E-state index in [0.717, 1.165) is 17.8 Å². The quantitative estimate of drug-likeness (QED) is 0.594. The van der Waals surface area contributed by atoms with Crippen LogP contribution < -0.4 is 11.1 Å². The zero-order chi connectivity index (χ0) is 9.26. The molecule has 2 rings (SSSR count). The van der Waals surface area contributed by atoms with Crippen molar-refractivity contribution in [1.82, 2.24) is 0 Å². The van der Waals surface area contributed by atoms with Crippen LogP contribution in [0, 0.1) is 5.92 Å². The molecular formula is C10H14N2O. The molecule has 4 N–H and O–H groups in total. The second-order valence-corrected chi connectivity index (χ2v) is 3.41. The van der Waals surface area contributed by atoms with Crippen LogP contribution in [-0.2, 0) is 0 Å². The minimum absolute atomic E-state index is 0.134. The highest BCUT2D eigenvalue weighted by molar-refractivity contribution is 5.54. The second kappa shape index (κ2) is 3.36. The second-order valence-electron chi connectivity index (χ2n) is 3.41. The maximum Gasteiger partial charge on any atom is 0.0867 e. The van der Waals surface area contributed by atoms with Gasteiger partial charge in [0.1, 0.15) is 0 Å². The Bertz CT molecular complexity index is 301. The van der Waals surface area contributed by atoms with E-state index in [1.165, 1.54) is 0 Å². The van der Waals surface area contributed by atoms with Crippen LogP contribution in [0.1, 0.15) is 11.7 Å². The van der Waals surface area contributed by atoms with Gasteiger partial charge in [0, 0.05) is 23.7 Å². The number of fused-ring (bicyclic) bond motifs is 1. The van der Waals surface area contributed by atoms with Gasteiger partial charge in [-0.2, -0.15) is 0 Å².